The average Bonchev–Trinajstić information content (AvgIpc) is 2.45. The number of benzene rings is 1. The molecular formula is C15H21ClN2O3. The lowest BCUT2D eigenvalue weighted by atomic mass is 10.1. The topological polar surface area (TPSA) is 69.6 Å². The molecule has 116 valence electrons. The highest BCUT2D eigenvalue weighted by atomic mass is 35.5. The molecule has 21 heavy (non-hydrogen) atoms. The number of carbonyl (C=O) groups is 2. The molecule has 1 aromatic carbocycles. The molecule has 0 saturated heterocycles. The highest BCUT2D eigenvalue weighted by Gasteiger charge is 2.20. The molecule has 1 aromatic rings. The van der Waals surface area contributed by atoms with Crippen molar-refractivity contribution < 1.29 is 14.7 Å². The zero-order valence-corrected chi connectivity index (χ0v) is 13.2. The van der Waals surface area contributed by atoms with Crippen LogP contribution in [0.3, 0.4) is 0 Å². The number of carboxylic acid groups (broad SMARTS) is 1. The number of urea groups is 1. The van der Waals surface area contributed by atoms with Gasteiger partial charge in [-0.05, 0) is 31.0 Å². The third-order valence-electron chi connectivity index (χ3n) is 3.57. The fourth-order valence-electron chi connectivity index (χ4n) is 1.91. The van der Waals surface area contributed by atoms with E-state index in [2.05, 4.69) is 5.32 Å². The van der Waals surface area contributed by atoms with Gasteiger partial charge in [-0.25, -0.2) is 4.79 Å². The van der Waals surface area contributed by atoms with Gasteiger partial charge in [0.1, 0.15) is 0 Å². The summed E-state index contributed by atoms with van der Waals surface area (Å²) < 4.78 is 0. The lowest BCUT2D eigenvalue weighted by Gasteiger charge is -2.26. The SMILES string of the molecule is CCC(CNC(=O)N(C)C(C)c1cccc(Cl)c1)C(=O)O. The molecule has 2 unspecified atom stereocenters. The highest BCUT2D eigenvalue weighted by molar-refractivity contribution is 6.30. The second kappa shape index (κ2) is 7.88. The first-order valence-corrected chi connectivity index (χ1v) is 7.23. The number of rotatable bonds is 6. The van der Waals surface area contributed by atoms with Crippen LogP contribution in [-0.4, -0.2) is 35.6 Å². The maximum Gasteiger partial charge on any atom is 0.317 e. The number of nitrogens with zero attached hydrogens (tertiary/aromatic N) is 1. The van der Waals surface area contributed by atoms with E-state index in [0.29, 0.717) is 11.4 Å². The van der Waals surface area contributed by atoms with Crippen molar-refractivity contribution in [1.29, 1.82) is 0 Å². The number of carbonyl (C=O) groups excluding carboxylic acids is 1. The van der Waals surface area contributed by atoms with Crippen molar-refractivity contribution in [1.82, 2.24) is 10.2 Å². The smallest absolute Gasteiger partial charge is 0.317 e. The molecule has 2 N–H and O–H groups in total. The number of hydrogen-bond donors (Lipinski definition) is 2. The van der Waals surface area contributed by atoms with E-state index in [9.17, 15) is 9.59 Å². The van der Waals surface area contributed by atoms with Crippen molar-refractivity contribution in [2.24, 2.45) is 5.92 Å². The Labute approximate surface area is 129 Å². The van der Waals surface area contributed by atoms with Gasteiger partial charge >= 0.3 is 12.0 Å². The minimum atomic E-state index is -0.900. The zero-order valence-electron chi connectivity index (χ0n) is 12.5. The first kappa shape index (κ1) is 17.3. The first-order valence-electron chi connectivity index (χ1n) is 6.85. The first-order chi connectivity index (χ1) is 9.86. The lowest BCUT2D eigenvalue weighted by molar-refractivity contribution is -0.141. The summed E-state index contributed by atoms with van der Waals surface area (Å²) in [6, 6.07) is 6.85. The number of carboxylic acids is 1. The molecule has 0 heterocycles. The second-order valence-electron chi connectivity index (χ2n) is 4.97. The molecule has 0 bridgehead atoms. The van der Waals surface area contributed by atoms with E-state index in [-0.39, 0.29) is 18.6 Å². The summed E-state index contributed by atoms with van der Waals surface area (Å²) in [5, 5.41) is 12.2. The van der Waals surface area contributed by atoms with Crippen molar-refractivity contribution in [3.05, 3.63) is 34.9 Å². The van der Waals surface area contributed by atoms with Crippen molar-refractivity contribution >= 4 is 23.6 Å². The predicted molar refractivity (Wildman–Crippen MR) is 82.4 cm³/mol. The predicted octanol–water partition coefficient (Wildman–Crippen LogP) is 3.15. The molecule has 0 radical (unpaired) electrons. The van der Waals surface area contributed by atoms with Crippen LogP contribution >= 0.6 is 11.6 Å². The van der Waals surface area contributed by atoms with Crippen LogP contribution in [0.5, 0.6) is 0 Å². The van der Waals surface area contributed by atoms with E-state index in [1.54, 1.807) is 20.0 Å². The minimum Gasteiger partial charge on any atom is -0.481 e. The van der Waals surface area contributed by atoms with Crippen LogP contribution in [-0.2, 0) is 4.79 Å². The van der Waals surface area contributed by atoms with E-state index in [4.69, 9.17) is 16.7 Å². The van der Waals surface area contributed by atoms with E-state index >= 15 is 0 Å². The van der Waals surface area contributed by atoms with Gasteiger partial charge < -0.3 is 15.3 Å². The summed E-state index contributed by atoms with van der Waals surface area (Å²) in [7, 11) is 1.67. The largest absolute Gasteiger partial charge is 0.481 e. The van der Waals surface area contributed by atoms with Crippen LogP contribution in [0.2, 0.25) is 5.02 Å². The minimum absolute atomic E-state index is 0.122. The maximum atomic E-state index is 12.1. The van der Waals surface area contributed by atoms with Gasteiger partial charge in [0.15, 0.2) is 0 Å². The molecule has 5 nitrogen and oxygen atoms in total. The Morgan fingerprint density at radius 1 is 1.43 bits per heavy atom. The van der Waals surface area contributed by atoms with E-state index < -0.39 is 11.9 Å². The molecule has 2 atom stereocenters. The number of hydrogen-bond acceptors (Lipinski definition) is 2. The van der Waals surface area contributed by atoms with Crippen LogP contribution in [0.1, 0.15) is 31.9 Å². The summed E-state index contributed by atoms with van der Waals surface area (Å²) in [6.45, 7) is 3.79. The summed E-state index contributed by atoms with van der Waals surface area (Å²) in [5.74, 6) is -1.47. The van der Waals surface area contributed by atoms with Gasteiger partial charge in [-0.15, -0.1) is 0 Å². The number of amides is 2. The fourth-order valence-corrected chi connectivity index (χ4v) is 2.11. The molecule has 6 heteroatoms. The van der Waals surface area contributed by atoms with Crippen LogP contribution in [0.25, 0.3) is 0 Å². The molecule has 0 aromatic heterocycles. The molecule has 0 aliphatic rings. The molecule has 0 fully saturated rings. The van der Waals surface area contributed by atoms with Crippen molar-refractivity contribution in [2.75, 3.05) is 13.6 Å². The average molecular weight is 313 g/mol. The van der Waals surface area contributed by atoms with Gasteiger partial charge in [0, 0.05) is 18.6 Å². The molecule has 0 spiro atoms. The van der Waals surface area contributed by atoms with Crippen LogP contribution in [0.15, 0.2) is 24.3 Å². The van der Waals surface area contributed by atoms with Gasteiger partial charge in [-0.1, -0.05) is 30.7 Å². The second-order valence-corrected chi connectivity index (χ2v) is 5.41. The summed E-state index contributed by atoms with van der Waals surface area (Å²) >= 11 is 5.95. The number of aliphatic carboxylic acids is 1. The van der Waals surface area contributed by atoms with Crippen LogP contribution in [0.4, 0.5) is 4.79 Å². The number of nitrogens with one attached hydrogen (secondary N) is 1. The van der Waals surface area contributed by atoms with Gasteiger partial charge in [-0.3, -0.25) is 4.79 Å². The van der Waals surface area contributed by atoms with Gasteiger partial charge in [0.05, 0.1) is 12.0 Å². The Morgan fingerprint density at radius 3 is 2.62 bits per heavy atom. The van der Waals surface area contributed by atoms with Gasteiger partial charge in [0.2, 0.25) is 0 Å². The Kier molecular flexibility index (Phi) is 6.49. The molecule has 2 amide bonds. The van der Waals surface area contributed by atoms with Crippen LogP contribution < -0.4 is 5.32 Å². The van der Waals surface area contributed by atoms with E-state index in [0.717, 1.165) is 5.56 Å². The maximum absolute atomic E-state index is 12.1. The number of halogens is 1. The van der Waals surface area contributed by atoms with Gasteiger partial charge in [-0.2, -0.15) is 0 Å². The third kappa shape index (κ3) is 4.93. The van der Waals surface area contributed by atoms with E-state index in [1.165, 1.54) is 4.90 Å². The van der Waals surface area contributed by atoms with Gasteiger partial charge in [0.25, 0.3) is 0 Å². The van der Waals surface area contributed by atoms with Crippen molar-refractivity contribution in [3.63, 3.8) is 0 Å². The van der Waals surface area contributed by atoms with Crippen molar-refractivity contribution in [3.8, 4) is 0 Å². The Bertz CT molecular complexity index is 507. The Balaban J connectivity index is 2.63. The third-order valence-corrected chi connectivity index (χ3v) is 3.81. The molecular weight excluding hydrogens is 292 g/mol. The quantitative estimate of drug-likeness (QED) is 0.847. The normalized spacial score (nSPS) is 13.3. The van der Waals surface area contributed by atoms with Crippen LogP contribution in [0, 0.1) is 5.92 Å². The Morgan fingerprint density at radius 2 is 2.10 bits per heavy atom. The standard InChI is InChI=1S/C15H21ClN2O3/c1-4-11(14(19)20)9-17-15(21)18(3)10(2)12-6-5-7-13(16)8-12/h5-8,10-11H,4,9H2,1-3H3,(H,17,21)(H,19,20). The van der Waals surface area contributed by atoms with E-state index in [1.807, 2.05) is 25.1 Å². The molecule has 0 aliphatic carbocycles. The summed E-state index contributed by atoms with van der Waals surface area (Å²) in [5.41, 5.74) is 0.922. The molecule has 0 aliphatic heterocycles. The summed E-state index contributed by atoms with van der Waals surface area (Å²) in [6.07, 6.45) is 0.475. The fraction of sp³-hybridized carbons (Fsp3) is 0.467. The monoisotopic (exact) mass is 312 g/mol. The molecule has 0 saturated carbocycles. The zero-order chi connectivity index (χ0) is 16.0. The highest BCUT2D eigenvalue weighted by Crippen LogP contribution is 2.21. The summed E-state index contributed by atoms with van der Waals surface area (Å²) in [4.78, 5) is 24.5. The van der Waals surface area contributed by atoms with Crippen molar-refractivity contribution in [2.45, 2.75) is 26.3 Å². The molecule has 1 rings (SSSR count). The Hall–Kier alpha value is -1.75. The lowest BCUT2D eigenvalue weighted by Crippen LogP contribution is -2.41.